The summed E-state index contributed by atoms with van der Waals surface area (Å²) in [6.45, 7) is 3.64. The van der Waals surface area contributed by atoms with Gasteiger partial charge in [0.2, 0.25) is 11.8 Å². The average molecular weight is 315 g/mol. The molecular weight excluding hydrogens is 298 g/mol. The zero-order valence-electron chi connectivity index (χ0n) is 12.3. The molecule has 2 rings (SSSR count). The summed E-state index contributed by atoms with van der Waals surface area (Å²) in [6, 6.07) is 10.3. The number of hydrogen-bond acceptors (Lipinski definition) is 3. The van der Waals surface area contributed by atoms with Gasteiger partial charge in [0.25, 0.3) is 0 Å². The summed E-state index contributed by atoms with van der Waals surface area (Å²) in [6.07, 6.45) is 0. The molecule has 0 fully saturated rings. The van der Waals surface area contributed by atoms with Crippen molar-refractivity contribution in [2.24, 2.45) is 11.5 Å². The molecule has 6 heteroatoms. The molecule has 0 spiro atoms. The molecule has 114 valence electrons. The Labute approximate surface area is 131 Å². The Morgan fingerprint density at radius 2 is 1.23 bits per heavy atom. The van der Waals surface area contributed by atoms with Crippen molar-refractivity contribution in [3.63, 3.8) is 0 Å². The van der Waals surface area contributed by atoms with Crippen LogP contribution in [0.5, 0.6) is 0 Å². The highest BCUT2D eigenvalue weighted by Crippen LogP contribution is 2.28. The van der Waals surface area contributed by atoms with Crippen LogP contribution in [0.4, 0.5) is 0 Å². The number of nitrogens with one attached hydrogen (secondary N) is 1. The number of primary amides is 2. The van der Waals surface area contributed by atoms with Gasteiger partial charge in [-0.05, 0) is 47.8 Å². The van der Waals surface area contributed by atoms with Gasteiger partial charge < -0.3 is 11.5 Å². The number of amides is 2. The fourth-order valence-electron chi connectivity index (χ4n) is 2.34. The lowest BCUT2D eigenvalue weighted by Crippen LogP contribution is -2.18. The lowest BCUT2D eigenvalue weighted by Gasteiger charge is -2.17. The van der Waals surface area contributed by atoms with E-state index in [1.807, 2.05) is 26.0 Å². The van der Waals surface area contributed by atoms with E-state index in [9.17, 15) is 9.59 Å². The summed E-state index contributed by atoms with van der Waals surface area (Å²) in [4.78, 5) is 24.4. The van der Waals surface area contributed by atoms with E-state index in [0.717, 1.165) is 11.1 Å². The third-order valence-electron chi connectivity index (χ3n) is 3.36. The van der Waals surface area contributed by atoms with Gasteiger partial charge in [0.1, 0.15) is 0 Å². The molecule has 0 aliphatic carbocycles. The van der Waals surface area contributed by atoms with Gasteiger partial charge in [-0.25, -0.2) is 0 Å². The molecule has 22 heavy (non-hydrogen) atoms. The number of hydrogen-bond donors (Lipinski definition) is 3. The Morgan fingerprint density at radius 3 is 1.55 bits per heavy atom. The molecule has 0 heterocycles. The van der Waals surface area contributed by atoms with Crippen LogP contribution in [0.2, 0.25) is 0 Å². The number of carbonyl (C=O) groups is 2. The minimum absolute atomic E-state index is 0.303. The molecule has 0 aliphatic heterocycles. The van der Waals surface area contributed by atoms with Crippen LogP contribution in [0, 0.1) is 18.6 Å². The van der Waals surface area contributed by atoms with E-state index in [0.29, 0.717) is 20.9 Å². The van der Waals surface area contributed by atoms with Gasteiger partial charge >= 0.3 is 0 Å². The minimum atomic E-state index is -1.24. The van der Waals surface area contributed by atoms with Crippen LogP contribution in [0.25, 0.3) is 0 Å². The van der Waals surface area contributed by atoms with Crippen LogP contribution < -0.4 is 11.5 Å². The van der Waals surface area contributed by atoms with Crippen LogP contribution in [-0.2, 0) is 10.7 Å². The van der Waals surface area contributed by atoms with E-state index >= 15 is 0 Å². The number of carbonyl (C=O) groups excluding carboxylic acids is 2. The third-order valence-corrected chi connectivity index (χ3v) is 5.26. The van der Waals surface area contributed by atoms with Crippen LogP contribution >= 0.6 is 0 Å². The Balaban J connectivity index is 2.75. The SMILES string of the molecule is Cc1cccc(C(N)=O)c1S(=N)c1c(C)cccc1C(N)=O. The monoisotopic (exact) mass is 315 g/mol. The van der Waals surface area contributed by atoms with Gasteiger partial charge in [-0.1, -0.05) is 24.3 Å². The van der Waals surface area contributed by atoms with Crippen molar-refractivity contribution < 1.29 is 9.59 Å². The maximum Gasteiger partial charge on any atom is 0.249 e. The third kappa shape index (κ3) is 2.78. The van der Waals surface area contributed by atoms with Crippen molar-refractivity contribution in [3.05, 3.63) is 58.7 Å². The maximum atomic E-state index is 11.7. The van der Waals surface area contributed by atoms with Gasteiger partial charge in [-0.3, -0.25) is 14.4 Å². The average Bonchev–Trinajstić information content (AvgIpc) is 2.45. The summed E-state index contributed by atoms with van der Waals surface area (Å²) >= 11 is 0. The standard InChI is InChI=1S/C16H17N3O2S/c1-9-5-3-7-11(15(17)20)13(9)22(19)14-10(2)6-4-8-12(14)16(18)21/h3-8,19H,1-2H3,(H2,17,20)(H2,18,21). The number of benzene rings is 2. The van der Waals surface area contributed by atoms with E-state index in [1.165, 1.54) is 0 Å². The lowest BCUT2D eigenvalue weighted by molar-refractivity contribution is 0.0989. The zero-order valence-corrected chi connectivity index (χ0v) is 13.2. The highest BCUT2D eigenvalue weighted by molar-refractivity contribution is 7.86. The fraction of sp³-hybridized carbons (Fsp3) is 0.125. The van der Waals surface area contributed by atoms with Gasteiger partial charge in [-0.2, -0.15) is 0 Å². The summed E-state index contributed by atoms with van der Waals surface area (Å²) in [7, 11) is -1.24. The van der Waals surface area contributed by atoms with Crippen molar-refractivity contribution in [1.82, 2.24) is 0 Å². The smallest absolute Gasteiger partial charge is 0.249 e. The Morgan fingerprint density at radius 1 is 0.864 bits per heavy atom. The molecule has 0 saturated carbocycles. The highest BCUT2D eigenvalue weighted by Gasteiger charge is 2.20. The first kappa shape index (κ1) is 15.9. The summed E-state index contributed by atoms with van der Waals surface area (Å²) in [5, 5.41) is 0. The first-order valence-electron chi connectivity index (χ1n) is 6.59. The van der Waals surface area contributed by atoms with Gasteiger partial charge in [0.15, 0.2) is 0 Å². The molecule has 2 aromatic carbocycles. The van der Waals surface area contributed by atoms with Crippen LogP contribution in [0.15, 0.2) is 46.2 Å². The lowest BCUT2D eigenvalue weighted by atomic mass is 10.1. The Bertz CT molecular complexity index is 734. The largest absolute Gasteiger partial charge is 0.366 e. The first-order chi connectivity index (χ1) is 10.3. The topological polar surface area (TPSA) is 110 Å². The summed E-state index contributed by atoms with van der Waals surface area (Å²) < 4.78 is 8.62. The second-order valence-corrected chi connectivity index (χ2v) is 6.37. The molecule has 0 aromatic heterocycles. The number of nitrogens with two attached hydrogens (primary N) is 2. The molecule has 0 unspecified atom stereocenters. The summed E-state index contributed by atoms with van der Waals surface area (Å²) in [5.74, 6) is -1.17. The van der Waals surface area contributed by atoms with Crippen LogP contribution in [0.3, 0.4) is 0 Å². The molecule has 0 aliphatic rings. The Kier molecular flexibility index (Phi) is 4.42. The van der Waals surface area contributed by atoms with Crippen LogP contribution in [0.1, 0.15) is 31.8 Å². The zero-order chi connectivity index (χ0) is 16.4. The Hall–Kier alpha value is -2.47. The van der Waals surface area contributed by atoms with E-state index in [4.69, 9.17) is 16.2 Å². The molecule has 0 atom stereocenters. The van der Waals surface area contributed by atoms with E-state index in [2.05, 4.69) is 0 Å². The van der Waals surface area contributed by atoms with Gasteiger partial charge in [0.05, 0.1) is 11.1 Å². The molecule has 5 nitrogen and oxygen atoms in total. The van der Waals surface area contributed by atoms with Crippen molar-refractivity contribution in [1.29, 1.82) is 4.78 Å². The predicted molar refractivity (Wildman–Crippen MR) is 86.0 cm³/mol. The van der Waals surface area contributed by atoms with Gasteiger partial charge in [0, 0.05) is 9.79 Å². The fourth-order valence-corrected chi connectivity index (χ4v) is 4.10. The molecular formula is C16H17N3O2S. The first-order valence-corrected chi connectivity index (χ1v) is 7.81. The molecule has 2 aromatic rings. The van der Waals surface area contributed by atoms with Crippen LogP contribution in [-0.4, -0.2) is 11.8 Å². The molecule has 2 amide bonds. The minimum Gasteiger partial charge on any atom is -0.366 e. The quantitative estimate of drug-likeness (QED) is 0.804. The van der Waals surface area contributed by atoms with E-state index in [1.54, 1.807) is 24.3 Å². The second kappa shape index (κ2) is 6.11. The molecule has 0 bridgehead atoms. The molecule has 0 saturated heterocycles. The second-order valence-electron chi connectivity index (χ2n) is 4.94. The summed E-state index contributed by atoms with van der Waals surface area (Å²) in [5.41, 5.74) is 13.0. The number of aryl methyl sites for hydroxylation is 2. The van der Waals surface area contributed by atoms with Crippen molar-refractivity contribution in [2.75, 3.05) is 0 Å². The van der Waals surface area contributed by atoms with E-state index in [-0.39, 0.29) is 0 Å². The van der Waals surface area contributed by atoms with Gasteiger partial charge in [-0.15, -0.1) is 0 Å². The normalized spacial score (nSPS) is 10.7. The number of rotatable bonds is 4. The van der Waals surface area contributed by atoms with E-state index < -0.39 is 22.5 Å². The molecule has 0 radical (unpaired) electrons. The maximum absolute atomic E-state index is 11.7. The molecule has 5 N–H and O–H groups in total. The highest BCUT2D eigenvalue weighted by atomic mass is 32.2. The van der Waals surface area contributed by atoms with Crippen molar-refractivity contribution in [3.8, 4) is 0 Å². The van der Waals surface area contributed by atoms with Crippen molar-refractivity contribution >= 4 is 22.5 Å². The predicted octanol–water partition coefficient (Wildman–Crippen LogP) is 2.30. The van der Waals surface area contributed by atoms with Crippen molar-refractivity contribution in [2.45, 2.75) is 23.6 Å².